The lowest BCUT2D eigenvalue weighted by Crippen LogP contribution is -2.14. The molecule has 0 aliphatic heterocycles. The second-order valence-corrected chi connectivity index (χ2v) is 9.74. The van der Waals surface area contributed by atoms with Crippen molar-refractivity contribution >= 4 is 42.2 Å². The van der Waals surface area contributed by atoms with Gasteiger partial charge < -0.3 is 4.74 Å². The third kappa shape index (κ3) is 4.80. The maximum Gasteiger partial charge on any atom is 0.263 e. The molecule has 0 unspecified atom stereocenters. The summed E-state index contributed by atoms with van der Waals surface area (Å²) >= 11 is 1.16. The van der Waals surface area contributed by atoms with Crippen molar-refractivity contribution in [3.8, 4) is 5.75 Å². The van der Waals surface area contributed by atoms with Gasteiger partial charge in [0, 0.05) is 17.3 Å². The van der Waals surface area contributed by atoms with Crippen LogP contribution in [0.1, 0.15) is 6.92 Å². The molecule has 2 aromatic carbocycles. The number of rotatable bonds is 8. The van der Waals surface area contributed by atoms with Gasteiger partial charge in [-0.15, -0.1) is 11.3 Å². The largest absolute Gasteiger partial charge is 0.494 e. The molecule has 0 saturated heterocycles. The molecule has 0 saturated carbocycles. The first kappa shape index (κ1) is 20.1. The third-order valence-electron chi connectivity index (χ3n) is 3.52. The summed E-state index contributed by atoms with van der Waals surface area (Å²) in [6, 6.07) is 11.4. The van der Waals surface area contributed by atoms with E-state index in [9.17, 15) is 16.8 Å². The fraction of sp³-hybridized carbons (Fsp3) is 0.118. The maximum atomic E-state index is 12.5. The summed E-state index contributed by atoms with van der Waals surface area (Å²) in [5.74, 6) is 0.573. The number of nitrogens with one attached hydrogen (secondary N) is 2. The molecule has 11 heteroatoms. The Kier molecular flexibility index (Phi) is 5.87. The Morgan fingerprint density at radius 1 is 0.893 bits per heavy atom. The van der Waals surface area contributed by atoms with Gasteiger partial charge in [0.2, 0.25) is 0 Å². The summed E-state index contributed by atoms with van der Waals surface area (Å²) < 4.78 is 59.6. The predicted octanol–water partition coefficient (Wildman–Crippen LogP) is 3.14. The fourth-order valence-electron chi connectivity index (χ4n) is 2.25. The highest BCUT2D eigenvalue weighted by molar-refractivity contribution is 7.93. The zero-order valence-corrected chi connectivity index (χ0v) is 17.1. The van der Waals surface area contributed by atoms with Crippen molar-refractivity contribution in [1.82, 2.24) is 4.98 Å². The number of ether oxygens (including phenoxy) is 1. The van der Waals surface area contributed by atoms with Crippen molar-refractivity contribution in [1.29, 1.82) is 0 Å². The zero-order chi connectivity index (χ0) is 20.2. The Morgan fingerprint density at radius 2 is 1.46 bits per heavy atom. The van der Waals surface area contributed by atoms with E-state index in [1.54, 1.807) is 17.5 Å². The first-order valence-electron chi connectivity index (χ1n) is 8.08. The highest BCUT2D eigenvalue weighted by Crippen LogP contribution is 2.22. The molecule has 148 valence electrons. The molecule has 1 aromatic heterocycles. The topological polar surface area (TPSA) is 114 Å². The molecule has 3 rings (SSSR count). The van der Waals surface area contributed by atoms with Crippen LogP contribution in [0.5, 0.6) is 5.75 Å². The lowest BCUT2D eigenvalue weighted by atomic mass is 10.3. The first-order valence-corrected chi connectivity index (χ1v) is 11.9. The molecule has 0 bridgehead atoms. The van der Waals surface area contributed by atoms with Gasteiger partial charge in [-0.25, -0.2) is 21.8 Å². The zero-order valence-electron chi connectivity index (χ0n) is 14.7. The molecule has 0 atom stereocenters. The standard InChI is InChI=1S/C17H17N3O5S3/c1-2-25-14-5-9-16(10-6-14)27(21,22)19-13-3-7-15(8-4-13)28(23,24)20-17-18-11-12-26-17/h3-12,19H,2H2,1H3,(H,18,20). The fourth-order valence-corrected chi connectivity index (χ4v) is 5.09. The number of nitrogens with zero attached hydrogens (tertiary/aromatic N) is 1. The van der Waals surface area contributed by atoms with Crippen LogP contribution in [0.15, 0.2) is 69.9 Å². The number of thiazole rings is 1. The summed E-state index contributed by atoms with van der Waals surface area (Å²) in [6.45, 7) is 2.32. The first-order chi connectivity index (χ1) is 13.3. The van der Waals surface area contributed by atoms with E-state index in [0.29, 0.717) is 12.4 Å². The Balaban J connectivity index is 1.74. The minimum Gasteiger partial charge on any atom is -0.494 e. The predicted molar refractivity (Wildman–Crippen MR) is 108 cm³/mol. The van der Waals surface area contributed by atoms with Gasteiger partial charge in [0.25, 0.3) is 20.0 Å². The molecule has 0 radical (unpaired) electrons. The van der Waals surface area contributed by atoms with Gasteiger partial charge in [0.1, 0.15) is 5.75 Å². The molecule has 0 spiro atoms. The highest BCUT2D eigenvalue weighted by atomic mass is 32.2. The Morgan fingerprint density at radius 3 is 2.00 bits per heavy atom. The molecule has 28 heavy (non-hydrogen) atoms. The number of hydrogen-bond donors (Lipinski definition) is 2. The third-order valence-corrected chi connectivity index (χ3v) is 7.09. The normalized spacial score (nSPS) is 11.8. The summed E-state index contributed by atoms with van der Waals surface area (Å²) in [5, 5.41) is 1.90. The Labute approximate surface area is 167 Å². The van der Waals surface area contributed by atoms with E-state index >= 15 is 0 Å². The van der Waals surface area contributed by atoms with Crippen LogP contribution in [0.25, 0.3) is 0 Å². The van der Waals surface area contributed by atoms with Gasteiger partial charge in [-0.3, -0.25) is 9.44 Å². The van der Waals surface area contributed by atoms with E-state index in [-0.39, 0.29) is 20.6 Å². The monoisotopic (exact) mass is 439 g/mol. The second kappa shape index (κ2) is 8.17. The number of benzene rings is 2. The molecule has 0 aliphatic rings. The number of aromatic nitrogens is 1. The SMILES string of the molecule is CCOc1ccc(S(=O)(=O)Nc2ccc(S(=O)(=O)Nc3nccs3)cc2)cc1. The van der Waals surface area contributed by atoms with Crippen LogP contribution in [0.4, 0.5) is 10.8 Å². The molecule has 2 N–H and O–H groups in total. The lowest BCUT2D eigenvalue weighted by molar-refractivity contribution is 0.340. The molecular weight excluding hydrogens is 422 g/mol. The molecular formula is C17H17N3O5S3. The summed E-state index contributed by atoms with van der Waals surface area (Å²) in [6.07, 6.45) is 1.49. The van der Waals surface area contributed by atoms with Gasteiger partial charge >= 0.3 is 0 Å². The quantitative estimate of drug-likeness (QED) is 0.557. The van der Waals surface area contributed by atoms with Crippen LogP contribution in [0, 0.1) is 0 Å². The van der Waals surface area contributed by atoms with Crippen molar-refractivity contribution in [2.45, 2.75) is 16.7 Å². The smallest absolute Gasteiger partial charge is 0.263 e. The van der Waals surface area contributed by atoms with Crippen LogP contribution in [-0.2, 0) is 20.0 Å². The molecule has 8 nitrogen and oxygen atoms in total. The van der Waals surface area contributed by atoms with Crippen LogP contribution >= 0.6 is 11.3 Å². The summed E-state index contributed by atoms with van der Waals surface area (Å²) in [5.41, 5.74) is 0.238. The van der Waals surface area contributed by atoms with Crippen molar-refractivity contribution in [3.05, 3.63) is 60.1 Å². The van der Waals surface area contributed by atoms with Crippen LogP contribution in [0.3, 0.4) is 0 Å². The van der Waals surface area contributed by atoms with Gasteiger partial charge in [0.15, 0.2) is 5.13 Å². The minimum absolute atomic E-state index is 0.00767. The van der Waals surface area contributed by atoms with E-state index in [1.165, 1.54) is 42.6 Å². The molecule has 1 heterocycles. The van der Waals surface area contributed by atoms with Crippen LogP contribution in [0.2, 0.25) is 0 Å². The van der Waals surface area contributed by atoms with Gasteiger partial charge in [-0.1, -0.05) is 0 Å². The molecule has 0 fully saturated rings. The van der Waals surface area contributed by atoms with E-state index in [2.05, 4.69) is 14.4 Å². The van der Waals surface area contributed by atoms with Crippen molar-refractivity contribution in [3.63, 3.8) is 0 Å². The van der Waals surface area contributed by atoms with Crippen molar-refractivity contribution in [2.24, 2.45) is 0 Å². The van der Waals surface area contributed by atoms with E-state index < -0.39 is 20.0 Å². The van der Waals surface area contributed by atoms with Gasteiger partial charge in [-0.2, -0.15) is 0 Å². The van der Waals surface area contributed by atoms with Crippen LogP contribution < -0.4 is 14.2 Å². The molecule has 3 aromatic rings. The second-order valence-electron chi connectivity index (χ2n) is 5.48. The number of anilines is 2. The number of sulfonamides is 2. The average molecular weight is 440 g/mol. The number of hydrogen-bond acceptors (Lipinski definition) is 7. The van der Waals surface area contributed by atoms with E-state index in [0.717, 1.165) is 11.3 Å². The summed E-state index contributed by atoms with van der Waals surface area (Å²) in [4.78, 5) is 3.93. The Hall–Kier alpha value is -2.63. The van der Waals surface area contributed by atoms with Crippen molar-refractivity contribution in [2.75, 3.05) is 16.1 Å². The van der Waals surface area contributed by atoms with Crippen LogP contribution in [-0.4, -0.2) is 28.4 Å². The minimum atomic E-state index is -3.81. The molecule has 0 amide bonds. The maximum absolute atomic E-state index is 12.5. The Bertz CT molecular complexity index is 1130. The molecule has 0 aliphatic carbocycles. The highest BCUT2D eigenvalue weighted by Gasteiger charge is 2.17. The van der Waals surface area contributed by atoms with Crippen molar-refractivity contribution < 1.29 is 21.6 Å². The van der Waals surface area contributed by atoms with E-state index in [4.69, 9.17) is 4.74 Å². The summed E-state index contributed by atoms with van der Waals surface area (Å²) in [7, 11) is -7.61. The lowest BCUT2D eigenvalue weighted by Gasteiger charge is -2.10. The van der Waals surface area contributed by atoms with Gasteiger partial charge in [-0.05, 0) is 55.5 Å². The average Bonchev–Trinajstić information content (AvgIpc) is 3.15. The van der Waals surface area contributed by atoms with Gasteiger partial charge in [0.05, 0.1) is 16.4 Å². The van der Waals surface area contributed by atoms with E-state index in [1.807, 2.05) is 6.92 Å².